The molecule has 1 fully saturated rings. The number of phosphoric ester groups is 2. The minimum Gasteiger partial charge on any atom is -0.508 e. The molecule has 1 aliphatic rings. The highest BCUT2D eigenvalue weighted by atomic mass is 31.2. The van der Waals surface area contributed by atoms with E-state index in [1.807, 2.05) is 0 Å². The van der Waals surface area contributed by atoms with Crippen LogP contribution in [0.3, 0.4) is 0 Å². The minimum absolute atomic E-state index is 0.128. The Hall–Kier alpha value is -2.73. The Labute approximate surface area is 257 Å². The number of unbranched alkanes of at least 4 members (excludes halogenated alkanes) is 1. The van der Waals surface area contributed by atoms with Crippen LogP contribution < -0.4 is 16.7 Å². The molecule has 0 radical (unpaired) electrons. The first-order valence-corrected chi connectivity index (χ1v) is 16.9. The summed E-state index contributed by atoms with van der Waals surface area (Å²) in [7, 11) is -10.0. The van der Waals surface area contributed by atoms with E-state index < -0.39 is 71.6 Å². The average Bonchev–Trinajstić information content (AvgIpc) is 3.26. The van der Waals surface area contributed by atoms with Crippen LogP contribution in [0.2, 0.25) is 0 Å². The van der Waals surface area contributed by atoms with E-state index in [2.05, 4.69) is 14.8 Å². The van der Waals surface area contributed by atoms with Crippen LogP contribution in [0.15, 0.2) is 41.3 Å². The van der Waals surface area contributed by atoms with Gasteiger partial charge in [0.15, 0.2) is 6.23 Å². The van der Waals surface area contributed by atoms with Gasteiger partial charge in [-0.05, 0) is 43.0 Å². The summed E-state index contributed by atoms with van der Waals surface area (Å²) < 4.78 is 44.9. The summed E-state index contributed by atoms with van der Waals surface area (Å²) in [6, 6.07) is 7.78. The molecular formula is C25H38N4O14P2. The topological polar surface area (TPSA) is 282 Å². The summed E-state index contributed by atoms with van der Waals surface area (Å²) in [4.78, 5) is 56.3. The lowest BCUT2D eigenvalue weighted by molar-refractivity contribution is -0.121. The van der Waals surface area contributed by atoms with Crippen LogP contribution in [-0.2, 0) is 38.7 Å². The second kappa shape index (κ2) is 16.7. The molecule has 18 nitrogen and oxygen atoms in total. The van der Waals surface area contributed by atoms with Crippen molar-refractivity contribution < 1.29 is 62.2 Å². The van der Waals surface area contributed by atoms with E-state index in [0.717, 1.165) is 16.3 Å². The number of aromatic nitrogens is 2. The highest BCUT2D eigenvalue weighted by Crippen LogP contribution is 2.49. The number of carbonyl (C=O) groups excluding carboxylic acids is 1. The van der Waals surface area contributed by atoms with E-state index in [4.69, 9.17) is 29.3 Å². The number of rotatable bonds is 18. The van der Waals surface area contributed by atoms with Crippen LogP contribution in [-0.4, -0.2) is 90.1 Å². The molecule has 4 unspecified atom stereocenters. The van der Waals surface area contributed by atoms with Gasteiger partial charge >= 0.3 is 21.3 Å². The van der Waals surface area contributed by atoms with Crippen LogP contribution >= 0.6 is 15.6 Å². The number of aliphatic hydroxyl groups is 2. The number of benzene rings is 1. The number of carbonyl (C=O) groups is 1. The second-order valence-corrected chi connectivity index (χ2v) is 12.9. The molecule has 2 aromatic rings. The van der Waals surface area contributed by atoms with Crippen LogP contribution in [0.25, 0.3) is 0 Å². The van der Waals surface area contributed by atoms with Crippen molar-refractivity contribution >= 4 is 27.4 Å². The van der Waals surface area contributed by atoms with Crippen molar-refractivity contribution in [2.24, 2.45) is 5.92 Å². The minimum atomic E-state index is -5.03. The lowest BCUT2D eigenvalue weighted by Crippen LogP contribution is -2.37. The number of nitrogen functional groups attached to an aromatic ring is 1. The predicted molar refractivity (Wildman–Crippen MR) is 155 cm³/mol. The number of aryl methyl sites for hydroxylation is 1. The molecule has 0 saturated carbocycles. The molecule has 1 aromatic carbocycles. The van der Waals surface area contributed by atoms with Gasteiger partial charge in [0.1, 0.15) is 29.9 Å². The number of hydrogen-bond donors (Lipinski definition) is 8. The first-order valence-electron chi connectivity index (χ1n) is 13.9. The van der Waals surface area contributed by atoms with E-state index >= 15 is 0 Å². The molecule has 3 rings (SSSR count). The number of ether oxygens (including phenoxy) is 1. The number of amides is 1. The number of phenols is 1. The van der Waals surface area contributed by atoms with Crippen molar-refractivity contribution in [3.05, 3.63) is 52.6 Å². The zero-order valence-corrected chi connectivity index (χ0v) is 25.8. The highest BCUT2D eigenvalue weighted by Gasteiger charge is 2.50. The molecule has 1 aromatic heterocycles. The highest BCUT2D eigenvalue weighted by molar-refractivity contribution is 7.47. The summed E-state index contributed by atoms with van der Waals surface area (Å²) in [5.41, 5.74) is 5.43. The maximum atomic E-state index is 12.8. The zero-order chi connectivity index (χ0) is 33.2. The largest absolute Gasteiger partial charge is 0.508 e. The van der Waals surface area contributed by atoms with Gasteiger partial charge in [-0.15, -0.1) is 0 Å². The summed E-state index contributed by atoms with van der Waals surface area (Å²) in [5.74, 6) is -0.723. The van der Waals surface area contributed by atoms with Crippen molar-refractivity contribution in [3.63, 3.8) is 0 Å². The molecule has 0 aliphatic carbocycles. The third-order valence-corrected chi connectivity index (χ3v) is 8.24. The normalized spacial score (nSPS) is 22.2. The van der Waals surface area contributed by atoms with Gasteiger partial charge < -0.3 is 45.8 Å². The summed E-state index contributed by atoms with van der Waals surface area (Å²) in [6.07, 6.45) is -3.32. The smallest absolute Gasteiger partial charge is 0.472 e. The molecule has 1 saturated heterocycles. The molecule has 2 heterocycles. The van der Waals surface area contributed by atoms with Crippen LogP contribution in [0, 0.1) is 5.92 Å². The van der Waals surface area contributed by atoms with Crippen LogP contribution in [0.5, 0.6) is 5.75 Å². The molecule has 252 valence electrons. The van der Waals surface area contributed by atoms with Gasteiger partial charge in [0.05, 0.1) is 13.2 Å². The number of anilines is 1. The van der Waals surface area contributed by atoms with Crippen molar-refractivity contribution in [1.29, 1.82) is 0 Å². The van der Waals surface area contributed by atoms with Crippen molar-refractivity contribution in [2.45, 2.75) is 56.6 Å². The number of phenolic OH excluding ortho intramolecular Hbond substituents is 1. The second-order valence-electron chi connectivity index (χ2n) is 10.3. The summed E-state index contributed by atoms with van der Waals surface area (Å²) >= 11 is 0. The van der Waals surface area contributed by atoms with Crippen molar-refractivity contribution in [3.8, 4) is 5.75 Å². The molecule has 6 atom stereocenters. The molecule has 1 aliphatic heterocycles. The average molecular weight is 681 g/mol. The third kappa shape index (κ3) is 12.2. The lowest BCUT2D eigenvalue weighted by Gasteiger charge is -2.24. The molecule has 0 spiro atoms. The molecule has 20 heteroatoms. The maximum absolute atomic E-state index is 12.8. The van der Waals surface area contributed by atoms with E-state index in [1.54, 1.807) is 24.3 Å². The molecule has 45 heavy (non-hydrogen) atoms. The van der Waals surface area contributed by atoms with E-state index in [-0.39, 0.29) is 23.9 Å². The Kier molecular flexibility index (Phi) is 13.6. The summed E-state index contributed by atoms with van der Waals surface area (Å²) in [5, 5.41) is 32.6. The maximum Gasteiger partial charge on any atom is 0.472 e. The number of aliphatic hydroxyl groups excluding tert-OH is 2. The Morgan fingerprint density at radius 1 is 1.13 bits per heavy atom. The van der Waals surface area contributed by atoms with E-state index in [0.29, 0.717) is 32.2 Å². The van der Waals surface area contributed by atoms with Crippen molar-refractivity contribution in [1.82, 2.24) is 14.9 Å². The van der Waals surface area contributed by atoms with Gasteiger partial charge in [0.25, 0.3) is 0 Å². The standard InChI is InChI=1S/C25H38N4O14P2/c26-20-10-12-29(25(34)28-20)24-22(33)23(19(42-24)15-40-44(35,36)37)43-45(38,39)41-14-17(13-30)3-1-2-11-27-21(32)9-6-16-4-7-18(31)8-5-16/h4-5,7-8,10,12,17,19,22-24,30-31,33H,1-3,6,9,11,13-15H2,(H,27,32)(H,38,39)(H2,26,28,34)(H2,35,36,37)/t17?,19-,22?,23?,24-/m1/s1. The number of phosphoric acid groups is 2. The Bertz CT molecular complexity index is 1400. The third-order valence-electron chi connectivity index (χ3n) is 6.77. The number of hydrogen-bond acceptors (Lipinski definition) is 13. The van der Waals surface area contributed by atoms with Gasteiger partial charge in [0, 0.05) is 31.7 Å². The molecule has 9 N–H and O–H groups in total. The van der Waals surface area contributed by atoms with E-state index in [1.165, 1.54) is 6.07 Å². The van der Waals surface area contributed by atoms with Crippen LogP contribution in [0.4, 0.5) is 5.82 Å². The number of nitrogens with zero attached hydrogens (tertiary/aromatic N) is 2. The number of nitrogens with two attached hydrogens (primary N) is 1. The fourth-order valence-corrected chi connectivity index (χ4v) is 5.78. The Morgan fingerprint density at radius 3 is 2.49 bits per heavy atom. The predicted octanol–water partition coefficient (Wildman–Crippen LogP) is -0.0713. The Morgan fingerprint density at radius 2 is 1.84 bits per heavy atom. The van der Waals surface area contributed by atoms with Gasteiger partial charge in [0.2, 0.25) is 5.91 Å². The summed E-state index contributed by atoms with van der Waals surface area (Å²) in [6.45, 7) is -1.35. The lowest BCUT2D eigenvalue weighted by atomic mass is 10.0. The van der Waals surface area contributed by atoms with Crippen LogP contribution in [0.1, 0.15) is 37.5 Å². The number of nitrogens with one attached hydrogen (secondary N) is 1. The fraction of sp³-hybridized carbons (Fsp3) is 0.560. The Balaban J connectivity index is 1.48. The monoisotopic (exact) mass is 680 g/mol. The molecular weight excluding hydrogens is 642 g/mol. The van der Waals surface area contributed by atoms with Gasteiger partial charge in [-0.25, -0.2) is 13.9 Å². The number of aromatic hydroxyl groups is 1. The fourth-order valence-electron chi connectivity index (χ4n) is 4.41. The first-order chi connectivity index (χ1) is 21.2. The molecule has 1 amide bonds. The SMILES string of the molecule is Nc1ccn([C@@H]2O[C@H](COP(=O)(O)O)C(OP(=O)(O)OCC(CO)CCCCNC(=O)CCc3ccc(O)cc3)C2O)c(=O)n1. The zero-order valence-electron chi connectivity index (χ0n) is 24.0. The van der Waals surface area contributed by atoms with Gasteiger partial charge in [-0.1, -0.05) is 18.6 Å². The van der Waals surface area contributed by atoms with Crippen molar-refractivity contribution in [2.75, 3.05) is 32.1 Å². The first kappa shape index (κ1) is 36.7. The van der Waals surface area contributed by atoms with Gasteiger partial charge in [-0.3, -0.25) is 22.9 Å². The van der Waals surface area contributed by atoms with E-state index in [9.17, 15) is 38.9 Å². The quantitative estimate of drug-likeness (QED) is 0.0755. The molecule has 0 bridgehead atoms. The van der Waals surface area contributed by atoms with Gasteiger partial charge in [-0.2, -0.15) is 4.98 Å².